The number of aliphatic carboxylic acids is 1. The fourth-order valence-corrected chi connectivity index (χ4v) is 2.81. The summed E-state index contributed by atoms with van der Waals surface area (Å²) in [4.78, 5) is 23.7. The van der Waals surface area contributed by atoms with Gasteiger partial charge in [0.25, 0.3) is 0 Å². The highest BCUT2D eigenvalue weighted by atomic mass is 16.4. The minimum Gasteiger partial charge on any atom is -0.479 e. The summed E-state index contributed by atoms with van der Waals surface area (Å²) in [5.74, 6) is -1.11. The highest BCUT2D eigenvalue weighted by Crippen LogP contribution is 2.34. The monoisotopic (exact) mass is 255 g/mol. The molecule has 0 radical (unpaired) electrons. The maximum atomic E-state index is 12.1. The van der Waals surface area contributed by atoms with E-state index in [0.717, 1.165) is 32.1 Å². The Morgan fingerprint density at radius 2 is 2.11 bits per heavy atom. The van der Waals surface area contributed by atoms with Crippen molar-refractivity contribution in [1.82, 2.24) is 5.32 Å². The number of carbonyl (C=O) groups is 2. The number of carboxylic acid groups (broad SMARTS) is 1. The molecule has 104 valence electrons. The molecule has 0 aromatic carbocycles. The van der Waals surface area contributed by atoms with Gasteiger partial charge in [0.05, 0.1) is 0 Å². The van der Waals surface area contributed by atoms with E-state index in [1.807, 2.05) is 20.8 Å². The third-order valence-electron chi connectivity index (χ3n) is 4.20. The van der Waals surface area contributed by atoms with E-state index in [-0.39, 0.29) is 17.7 Å². The first-order valence-corrected chi connectivity index (χ1v) is 6.99. The van der Waals surface area contributed by atoms with E-state index in [0.29, 0.717) is 6.42 Å². The van der Waals surface area contributed by atoms with Gasteiger partial charge >= 0.3 is 5.97 Å². The molecule has 1 aliphatic rings. The number of rotatable bonds is 5. The van der Waals surface area contributed by atoms with Crippen molar-refractivity contribution in [2.24, 2.45) is 11.8 Å². The Morgan fingerprint density at radius 1 is 1.44 bits per heavy atom. The van der Waals surface area contributed by atoms with Gasteiger partial charge in [-0.3, -0.25) is 4.79 Å². The summed E-state index contributed by atoms with van der Waals surface area (Å²) in [6.45, 7) is 5.82. The van der Waals surface area contributed by atoms with Crippen molar-refractivity contribution < 1.29 is 14.7 Å². The van der Waals surface area contributed by atoms with Gasteiger partial charge in [0.1, 0.15) is 5.54 Å². The Hall–Kier alpha value is -1.06. The minimum absolute atomic E-state index is 0.00141. The summed E-state index contributed by atoms with van der Waals surface area (Å²) < 4.78 is 0. The first-order chi connectivity index (χ1) is 8.44. The largest absolute Gasteiger partial charge is 0.479 e. The van der Waals surface area contributed by atoms with Gasteiger partial charge in [-0.05, 0) is 25.2 Å². The summed E-state index contributed by atoms with van der Waals surface area (Å²) >= 11 is 0. The molecule has 1 fully saturated rings. The van der Waals surface area contributed by atoms with E-state index >= 15 is 0 Å². The lowest BCUT2D eigenvalue weighted by Gasteiger charge is -2.40. The summed E-state index contributed by atoms with van der Waals surface area (Å²) in [5, 5.41) is 12.3. The van der Waals surface area contributed by atoms with Gasteiger partial charge in [0.15, 0.2) is 0 Å². The quantitative estimate of drug-likeness (QED) is 0.793. The Labute approximate surface area is 109 Å². The van der Waals surface area contributed by atoms with Crippen LogP contribution in [0.2, 0.25) is 0 Å². The molecule has 1 amide bonds. The maximum Gasteiger partial charge on any atom is 0.329 e. The van der Waals surface area contributed by atoms with Crippen molar-refractivity contribution in [1.29, 1.82) is 0 Å². The maximum absolute atomic E-state index is 12.1. The Morgan fingerprint density at radius 3 is 2.61 bits per heavy atom. The van der Waals surface area contributed by atoms with Crippen LogP contribution in [0, 0.1) is 11.8 Å². The van der Waals surface area contributed by atoms with E-state index in [1.165, 1.54) is 0 Å². The molecule has 1 rings (SSSR count). The van der Waals surface area contributed by atoms with Crippen LogP contribution in [0.3, 0.4) is 0 Å². The van der Waals surface area contributed by atoms with E-state index in [2.05, 4.69) is 5.32 Å². The Kier molecular flexibility index (Phi) is 5.17. The van der Waals surface area contributed by atoms with E-state index < -0.39 is 11.5 Å². The first kappa shape index (κ1) is 15.0. The van der Waals surface area contributed by atoms with Crippen LogP contribution in [0.4, 0.5) is 0 Å². The third-order valence-corrected chi connectivity index (χ3v) is 4.20. The van der Waals surface area contributed by atoms with Gasteiger partial charge in [-0.1, -0.05) is 40.0 Å². The van der Waals surface area contributed by atoms with Crippen molar-refractivity contribution in [2.75, 3.05) is 0 Å². The molecule has 3 unspecified atom stereocenters. The van der Waals surface area contributed by atoms with Gasteiger partial charge < -0.3 is 10.4 Å². The van der Waals surface area contributed by atoms with E-state index in [1.54, 1.807) is 0 Å². The number of carboxylic acids is 1. The fraction of sp³-hybridized carbons (Fsp3) is 0.857. The lowest BCUT2D eigenvalue weighted by Crippen LogP contribution is -2.60. The third kappa shape index (κ3) is 3.03. The zero-order valence-electron chi connectivity index (χ0n) is 11.7. The number of hydrogen-bond donors (Lipinski definition) is 2. The standard InChI is InChI=1S/C14H25NO3/c1-4-7-10(2)12(16)15-14(13(17)18)9-6-5-8-11(14)3/h10-11H,4-9H2,1-3H3,(H,15,16)(H,17,18). The molecule has 1 aliphatic carbocycles. The molecule has 0 heterocycles. The summed E-state index contributed by atoms with van der Waals surface area (Å²) in [7, 11) is 0. The lowest BCUT2D eigenvalue weighted by molar-refractivity contribution is -0.152. The van der Waals surface area contributed by atoms with Crippen LogP contribution in [-0.2, 0) is 9.59 Å². The summed E-state index contributed by atoms with van der Waals surface area (Å²) in [5.41, 5.74) is -1.04. The van der Waals surface area contributed by atoms with Gasteiger partial charge in [-0.15, -0.1) is 0 Å². The number of hydrogen-bond acceptors (Lipinski definition) is 2. The molecule has 0 spiro atoms. The van der Waals surface area contributed by atoms with Crippen molar-refractivity contribution >= 4 is 11.9 Å². The van der Waals surface area contributed by atoms with Crippen LogP contribution in [0.1, 0.15) is 59.3 Å². The van der Waals surface area contributed by atoms with Crippen LogP contribution in [0.5, 0.6) is 0 Å². The van der Waals surface area contributed by atoms with Gasteiger partial charge in [0, 0.05) is 5.92 Å². The van der Waals surface area contributed by atoms with Gasteiger partial charge in [0.2, 0.25) is 5.91 Å². The lowest BCUT2D eigenvalue weighted by atomic mass is 9.73. The average molecular weight is 255 g/mol. The molecule has 0 aliphatic heterocycles. The molecule has 0 aromatic rings. The van der Waals surface area contributed by atoms with E-state index in [4.69, 9.17) is 0 Å². The molecule has 1 saturated carbocycles. The second-order valence-corrected chi connectivity index (χ2v) is 5.60. The van der Waals surface area contributed by atoms with Crippen LogP contribution in [0.15, 0.2) is 0 Å². The Bertz CT molecular complexity index is 316. The average Bonchev–Trinajstić information content (AvgIpc) is 2.32. The smallest absolute Gasteiger partial charge is 0.329 e. The highest BCUT2D eigenvalue weighted by molar-refractivity contribution is 5.88. The number of carbonyl (C=O) groups excluding carboxylic acids is 1. The first-order valence-electron chi connectivity index (χ1n) is 6.99. The summed E-state index contributed by atoms with van der Waals surface area (Å²) in [6, 6.07) is 0. The van der Waals surface area contributed by atoms with Crippen LogP contribution < -0.4 is 5.32 Å². The number of amides is 1. The molecular weight excluding hydrogens is 230 g/mol. The van der Waals surface area contributed by atoms with Crippen LogP contribution >= 0.6 is 0 Å². The fourth-order valence-electron chi connectivity index (χ4n) is 2.81. The van der Waals surface area contributed by atoms with Gasteiger partial charge in [-0.25, -0.2) is 4.79 Å². The molecule has 0 aromatic heterocycles. The SMILES string of the molecule is CCCC(C)C(=O)NC1(C(=O)O)CCCCC1C. The zero-order chi connectivity index (χ0) is 13.8. The van der Waals surface area contributed by atoms with Crippen molar-refractivity contribution in [3.8, 4) is 0 Å². The Balaban J connectivity index is 2.80. The minimum atomic E-state index is -1.04. The second-order valence-electron chi connectivity index (χ2n) is 5.60. The molecule has 0 bridgehead atoms. The molecule has 18 heavy (non-hydrogen) atoms. The second kappa shape index (κ2) is 6.21. The molecule has 0 saturated heterocycles. The van der Waals surface area contributed by atoms with Crippen LogP contribution in [0.25, 0.3) is 0 Å². The van der Waals surface area contributed by atoms with Crippen LogP contribution in [-0.4, -0.2) is 22.5 Å². The van der Waals surface area contributed by atoms with Crippen molar-refractivity contribution in [2.45, 2.75) is 64.8 Å². The molecule has 3 atom stereocenters. The van der Waals surface area contributed by atoms with Gasteiger partial charge in [-0.2, -0.15) is 0 Å². The summed E-state index contributed by atoms with van der Waals surface area (Å²) in [6.07, 6.45) is 5.08. The predicted molar refractivity (Wildman–Crippen MR) is 70.2 cm³/mol. The molecule has 4 heteroatoms. The van der Waals surface area contributed by atoms with Crippen molar-refractivity contribution in [3.63, 3.8) is 0 Å². The predicted octanol–water partition coefficient (Wildman–Crippen LogP) is 2.57. The highest BCUT2D eigenvalue weighted by Gasteiger charge is 2.46. The topological polar surface area (TPSA) is 66.4 Å². The normalized spacial score (nSPS) is 29.6. The zero-order valence-corrected chi connectivity index (χ0v) is 11.7. The van der Waals surface area contributed by atoms with Crippen molar-refractivity contribution in [3.05, 3.63) is 0 Å². The molecule has 4 nitrogen and oxygen atoms in total. The van der Waals surface area contributed by atoms with E-state index in [9.17, 15) is 14.7 Å². The molecule has 2 N–H and O–H groups in total. The molecular formula is C14H25NO3. The number of nitrogens with one attached hydrogen (secondary N) is 1.